The van der Waals surface area contributed by atoms with Crippen LogP contribution < -0.4 is 120 Å². The maximum Gasteiger partial charge on any atom is 1.00 e. The zero-order chi connectivity index (χ0) is 52.7. The molecule has 0 saturated carbocycles. The number of carbonyl (C=O) groups is 4. The molecular formula is C47H74K2N11O8PS2. The van der Waals surface area contributed by atoms with E-state index in [4.69, 9.17) is 41.9 Å². The molecule has 71 heavy (non-hydrogen) atoms. The molecule has 0 aliphatic carbocycles. The van der Waals surface area contributed by atoms with Gasteiger partial charge in [0.1, 0.15) is 28.1 Å². The fourth-order valence-electron chi connectivity index (χ4n) is 6.51. The van der Waals surface area contributed by atoms with Crippen LogP contribution in [0.5, 0.6) is 0 Å². The number of nitrogens with zero attached hydrogens (tertiary/aromatic N) is 8. The van der Waals surface area contributed by atoms with Crippen molar-refractivity contribution >= 4 is 56.4 Å². The molecule has 5 rings (SSSR count). The van der Waals surface area contributed by atoms with Crippen LogP contribution in [0.3, 0.4) is 0 Å². The second-order valence-electron chi connectivity index (χ2n) is 15.7. The van der Waals surface area contributed by atoms with Gasteiger partial charge in [-0.2, -0.15) is 0 Å². The molecule has 384 valence electrons. The van der Waals surface area contributed by atoms with E-state index in [0.717, 1.165) is 92.0 Å². The van der Waals surface area contributed by atoms with Gasteiger partial charge in [0, 0.05) is 64.3 Å². The molecular weight excluding hydrogens is 1020 g/mol. The Morgan fingerprint density at radius 2 is 0.887 bits per heavy atom. The Hall–Kier alpha value is -1.95. The average molecular weight is 1100 g/mol. The molecule has 3 unspecified atom stereocenters. The molecule has 0 saturated heterocycles. The SMILES string of the molecule is C.NC(CCCCN(CC(=O)O)Cc1ccccn1)C(=O)O.NC(CCCCN(Cc1ccccn1)Cc1ccccn1)C(=O)O.NC(CCCCN(Cc1nccs1)Cc1nccs1)C(=O)O.[2H][3H].[2H][PH-].[H-].[K+].[K+]. The summed E-state index contributed by atoms with van der Waals surface area (Å²) < 4.78 is 15.6. The molecule has 5 aromatic rings. The first-order valence-electron chi connectivity index (χ1n) is 23.6. The number of rotatable bonds is 30. The number of hydrogen-bond acceptors (Lipinski definition) is 17. The molecule has 0 radical (unpaired) electrons. The van der Waals surface area contributed by atoms with Crippen molar-refractivity contribution in [2.24, 2.45) is 17.2 Å². The fourth-order valence-corrected chi connectivity index (χ4v) is 7.82. The van der Waals surface area contributed by atoms with Crippen LogP contribution in [-0.2, 0) is 51.9 Å². The van der Waals surface area contributed by atoms with Gasteiger partial charge in [0.25, 0.3) is 0 Å². The Morgan fingerprint density at radius 1 is 0.563 bits per heavy atom. The van der Waals surface area contributed by atoms with Crippen molar-refractivity contribution in [1.82, 2.24) is 39.6 Å². The van der Waals surface area contributed by atoms with Crippen LogP contribution in [0.15, 0.2) is 96.3 Å². The Labute approximate surface area is 520 Å². The second-order valence-corrected chi connectivity index (χ2v) is 17.6. The van der Waals surface area contributed by atoms with Crippen molar-refractivity contribution in [3.8, 4) is 0 Å². The fraction of sp³-hybridized carbons (Fsp3) is 0.468. The number of unbranched alkanes of at least 4 members (excludes halogenated alkanes) is 3. The van der Waals surface area contributed by atoms with Gasteiger partial charge in [-0.1, -0.05) is 44.9 Å². The minimum absolute atomic E-state index is 0. The summed E-state index contributed by atoms with van der Waals surface area (Å²) >= 11 is 3.29. The van der Waals surface area contributed by atoms with Crippen LogP contribution in [0.1, 0.15) is 96.7 Å². The summed E-state index contributed by atoms with van der Waals surface area (Å²) in [5.41, 5.74) is 19.3. The van der Waals surface area contributed by atoms with Gasteiger partial charge in [-0.05, 0) is 94.6 Å². The van der Waals surface area contributed by atoms with Crippen molar-refractivity contribution in [3.63, 3.8) is 0 Å². The molecule has 0 aliphatic rings. The molecule has 10 N–H and O–H groups in total. The largest absolute Gasteiger partial charge is 1.00 e. The minimum Gasteiger partial charge on any atom is -1.00 e. The van der Waals surface area contributed by atoms with E-state index in [2.05, 4.69) is 44.6 Å². The number of aliphatic carboxylic acids is 4. The third kappa shape index (κ3) is 34.3. The summed E-state index contributed by atoms with van der Waals surface area (Å²) in [7, 11) is 2.22. The molecule has 5 heterocycles. The number of hydrogen-bond donors (Lipinski definition) is 7. The van der Waals surface area contributed by atoms with Gasteiger partial charge >= 0.3 is 127 Å². The van der Waals surface area contributed by atoms with Crippen LogP contribution in [0.4, 0.5) is 0 Å². The first kappa shape index (κ1) is 67.1. The predicted octanol–water partition coefficient (Wildman–Crippen LogP) is 0.124. The van der Waals surface area contributed by atoms with Crippen LogP contribution in [0, 0.1) is 0 Å². The summed E-state index contributed by atoms with van der Waals surface area (Å²) in [6, 6.07) is 14.9. The molecule has 5 aromatic heterocycles. The molecule has 0 amide bonds. The molecule has 0 bridgehead atoms. The van der Waals surface area contributed by atoms with Crippen molar-refractivity contribution in [1.29, 1.82) is 1.28 Å². The van der Waals surface area contributed by atoms with E-state index in [1.54, 1.807) is 52.2 Å². The zero-order valence-electron chi connectivity index (χ0n) is 44.2. The van der Waals surface area contributed by atoms with Crippen LogP contribution in [0.25, 0.3) is 0 Å². The third-order valence-corrected chi connectivity index (χ3v) is 11.6. The number of aromatic nitrogens is 5. The topological polar surface area (TPSA) is 301 Å². The second kappa shape index (κ2) is 43.3. The third-order valence-electron chi connectivity index (χ3n) is 10.0. The van der Waals surface area contributed by atoms with Crippen molar-refractivity contribution < 1.29 is 147 Å². The maximum atomic E-state index is 10.9. The molecule has 3 atom stereocenters. The Kier molecular flexibility index (Phi) is 40.9. The van der Waals surface area contributed by atoms with Crippen molar-refractivity contribution in [2.45, 2.75) is 116 Å². The zero-order valence-corrected chi connectivity index (χ0v) is 49.1. The first-order valence-corrected chi connectivity index (χ1v) is 23.8. The van der Waals surface area contributed by atoms with E-state index in [0.29, 0.717) is 45.2 Å². The quantitative estimate of drug-likeness (QED) is 0.0183. The predicted molar refractivity (Wildman–Crippen MR) is 276 cm³/mol. The number of nitrogens with two attached hydrogens (primary N) is 3. The number of thiazole rings is 2. The van der Waals surface area contributed by atoms with E-state index in [1.807, 2.05) is 71.7 Å². The Morgan fingerprint density at radius 3 is 1.17 bits per heavy atom. The van der Waals surface area contributed by atoms with Gasteiger partial charge in [0.15, 0.2) is 0 Å². The normalized spacial score (nSPS) is 11.9. The molecule has 24 heteroatoms. The summed E-state index contributed by atoms with van der Waals surface area (Å²) in [6.45, 7) is 5.75. The van der Waals surface area contributed by atoms with Gasteiger partial charge in [-0.25, -0.2) is 11.2 Å². The molecule has 0 aromatic carbocycles. The molecule has 0 aliphatic heterocycles. The van der Waals surface area contributed by atoms with E-state index in [9.17, 15) is 19.2 Å². The maximum absolute atomic E-state index is 10.9. The summed E-state index contributed by atoms with van der Waals surface area (Å²) in [4.78, 5) is 70.9. The Bertz CT molecular complexity index is 2040. The standard InChI is InChI=1S/C18H24N4O2.C14H20N4O2S2.C14H21N3O4.CH4.2K.H2P.H2.H/c19-17(18(23)24)9-3-6-12-22(13-15-7-1-4-10-20-15)14-16-8-2-5-11-21-16;15-11(14(19)20)3-1-2-6-18(9-12-16-4-7-21-12)10-13-17-5-8-22-13;15-12(14(20)21)6-2-4-8-17(10-13(18)19)9-11-5-1-3-7-16-11;;;;;;/h1-2,4-5,7-8,10-11,17H,3,6,9,12-14,19H2,(H,23,24);4-5,7-8,11H,1-3,6,9-10,15H2,(H,19,20);1,3,5,7,12H,2,4,6,8-10,15H2,(H,18,19)(H,20,21);1H4;;;1H2;1H;/q;;;;2*+1;-1;;-1/i;;;;;;1D;1+2D;. The van der Waals surface area contributed by atoms with Gasteiger partial charge in [0.05, 0.1) is 36.7 Å². The van der Waals surface area contributed by atoms with E-state index in [1.165, 1.54) is 0 Å². The summed E-state index contributed by atoms with van der Waals surface area (Å²) in [5.74, 6) is -3.77. The summed E-state index contributed by atoms with van der Waals surface area (Å²) in [6.07, 6.45) is 15.0. The van der Waals surface area contributed by atoms with E-state index >= 15 is 0 Å². The van der Waals surface area contributed by atoms with Crippen LogP contribution in [0.2, 0.25) is 0 Å². The van der Waals surface area contributed by atoms with Gasteiger partial charge in [-0.15, -0.1) is 22.7 Å². The molecule has 0 spiro atoms. The van der Waals surface area contributed by atoms with Gasteiger partial charge in [0.2, 0.25) is 0 Å². The summed E-state index contributed by atoms with van der Waals surface area (Å²) in [5, 5.41) is 41.3. The van der Waals surface area contributed by atoms with Crippen molar-refractivity contribution in [3.05, 3.63) is 123 Å². The van der Waals surface area contributed by atoms with E-state index < -0.39 is 42.0 Å². The van der Waals surface area contributed by atoms with Crippen LogP contribution in [-0.4, -0.2) is 130 Å². The number of carboxylic acid groups (broad SMARTS) is 4. The van der Waals surface area contributed by atoms with Gasteiger partial charge in [-0.3, -0.25) is 48.8 Å². The van der Waals surface area contributed by atoms with Crippen LogP contribution >= 0.6 is 32.5 Å². The molecule has 0 fully saturated rings. The number of pyridine rings is 3. The number of carboxylic acids is 4. The Balaban J connectivity index is -0.000000476. The monoisotopic (exact) mass is 1100 g/mol. The van der Waals surface area contributed by atoms with E-state index in [-0.39, 0.29) is 118 Å². The first-order chi connectivity index (χ1) is 34.3. The smallest absolute Gasteiger partial charge is 1.00 e. The molecule has 19 nitrogen and oxygen atoms in total. The van der Waals surface area contributed by atoms with Gasteiger partial charge < -0.3 is 48.9 Å². The minimum atomic E-state index is -1.01. The average Bonchev–Trinajstić information content (AvgIpc) is 4.10. The van der Waals surface area contributed by atoms with Crippen molar-refractivity contribution in [2.75, 3.05) is 26.2 Å².